The van der Waals surface area contributed by atoms with Crippen LogP contribution in [0.3, 0.4) is 0 Å². The van der Waals surface area contributed by atoms with Crippen LogP contribution in [0.1, 0.15) is 15.9 Å². The number of nitrogen functional groups attached to an aromatic ring is 1. The third-order valence-electron chi connectivity index (χ3n) is 7.49. The van der Waals surface area contributed by atoms with Crippen molar-refractivity contribution in [1.82, 2.24) is 9.55 Å². The number of alkyl halides is 3. The molecule has 0 unspecified atom stereocenters. The SMILES string of the molecule is COCCOc1ccc(-c2cnc(N)c(-c3ccc(CC(=O)c4cn(CC(F)(F)F)cc(-c5ccc(F)cc5)c4=O)cc3)c2)cc1OC. The zero-order valence-corrected chi connectivity index (χ0v) is 26.0. The van der Waals surface area contributed by atoms with Crippen LogP contribution in [0.4, 0.5) is 23.4 Å². The molecule has 2 heterocycles. The highest BCUT2D eigenvalue weighted by Crippen LogP contribution is 2.35. The van der Waals surface area contributed by atoms with Crippen LogP contribution in [0.25, 0.3) is 33.4 Å². The van der Waals surface area contributed by atoms with Crippen molar-refractivity contribution in [3.8, 4) is 44.9 Å². The minimum Gasteiger partial charge on any atom is -0.493 e. The zero-order chi connectivity index (χ0) is 34.4. The molecule has 2 aromatic heterocycles. The van der Waals surface area contributed by atoms with Gasteiger partial charge in [-0.15, -0.1) is 0 Å². The largest absolute Gasteiger partial charge is 0.493 e. The van der Waals surface area contributed by atoms with E-state index in [2.05, 4.69) is 4.98 Å². The molecule has 0 radical (unpaired) electrons. The molecule has 0 bridgehead atoms. The van der Waals surface area contributed by atoms with Gasteiger partial charge in [0.2, 0.25) is 0 Å². The number of anilines is 1. The van der Waals surface area contributed by atoms with Gasteiger partial charge in [-0.25, -0.2) is 9.37 Å². The monoisotopic (exact) mass is 661 g/mol. The average Bonchev–Trinajstić information content (AvgIpc) is 3.06. The van der Waals surface area contributed by atoms with Crippen LogP contribution in [0.15, 0.2) is 96.2 Å². The summed E-state index contributed by atoms with van der Waals surface area (Å²) in [6.07, 6.45) is -1.29. The fourth-order valence-corrected chi connectivity index (χ4v) is 5.11. The van der Waals surface area contributed by atoms with E-state index in [9.17, 15) is 27.2 Å². The van der Waals surface area contributed by atoms with Gasteiger partial charge in [0.15, 0.2) is 22.7 Å². The first-order valence-electron chi connectivity index (χ1n) is 14.7. The molecule has 5 aromatic rings. The lowest BCUT2D eigenvalue weighted by atomic mass is 9.97. The van der Waals surface area contributed by atoms with Gasteiger partial charge in [0, 0.05) is 48.8 Å². The molecular weight excluding hydrogens is 630 g/mol. The number of ether oxygens (including phenoxy) is 3. The number of rotatable bonds is 12. The molecule has 3 aromatic carbocycles. The molecule has 0 aliphatic heterocycles. The second-order valence-corrected chi connectivity index (χ2v) is 10.9. The Bertz CT molecular complexity index is 1970. The lowest BCUT2D eigenvalue weighted by Gasteiger charge is -2.14. The molecule has 0 amide bonds. The van der Waals surface area contributed by atoms with E-state index in [0.29, 0.717) is 41.4 Å². The third kappa shape index (κ3) is 8.07. The fourth-order valence-electron chi connectivity index (χ4n) is 5.11. The van der Waals surface area contributed by atoms with Crippen molar-refractivity contribution in [2.45, 2.75) is 19.1 Å². The Labute approximate surface area is 273 Å². The van der Waals surface area contributed by atoms with Crippen molar-refractivity contribution >= 4 is 11.6 Å². The molecule has 48 heavy (non-hydrogen) atoms. The first kappa shape index (κ1) is 33.9. The van der Waals surface area contributed by atoms with E-state index in [4.69, 9.17) is 19.9 Å². The van der Waals surface area contributed by atoms with Crippen molar-refractivity contribution < 1.29 is 36.6 Å². The Hall–Kier alpha value is -5.49. The molecule has 0 fully saturated rings. The second kappa shape index (κ2) is 14.5. The first-order chi connectivity index (χ1) is 23.0. The number of Topliss-reactive ketones (excluding diaryl/α,β-unsaturated/α-hetero) is 1. The summed E-state index contributed by atoms with van der Waals surface area (Å²) in [5.74, 6) is 0.127. The van der Waals surface area contributed by atoms with Gasteiger partial charge >= 0.3 is 6.18 Å². The molecule has 0 atom stereocenters. The molecule has 5 rings (SSSR count). The molecule has 12 heteroatoms. The van der Waals surface area contributed by atoms with E-state index in [-0.39, 0.29) is 23.4 Å². The molecule has 0 saturated carbocycles. The van der Waals surface area contributed by atoms with Gasteiger partial charge < -0.3 is 24.5 Å². The highest BCUT2D eigenvalue weighted by Gasteiger charge is 2.29. The Balaban J connectivity index is 1.40. The van der Waals surface area contributed by atoms with Crippen LogP contribution < -0.4 is 20.6 Å². The smallest absolute Gasteiger partial charge is 0.406 e. The normalized spacial score (nSPS) is 11.4. The minimum atomic E-state index is -4.60. The van der Waals surface area contributed by atoms with Crippen LogP contribution in [0.5, 0.6) is 11.5 Å². The quantitative estimate of drug-likeness (QED) is 0.0873. The Morgan fingerprint density at radius 2 is 1.50 bits per heavy atom. The van der Waals surface area contributed by atoms with E-state index >= 15 is 0 Å². The van der Waals surface area contributed by atoms with Crippen molar-refractivity contribution in [3.05, 3.63) is 119 Å². The summed E-state index contributed by atoms with van der Waals surface area (Å²) in [6.45, 7) is -0.626. The molecule has 0 aliphatic rings. The minimum absolute atomic E-state index is 0.144. The molecular formula is C36H31F4N3O5. The number of methoxy groups -OCH3 is 2. The number of carbonyl (C=O) groups is 1. The highest BCUT2D eigenvalue weighted by atomic mass is 19.4. The van der Waals surface area contributed by atoms with Gasteiger partial charge in [-0.2, -0.15) is 13.2 Å². The Morgan fingerprint density at radius 3 is 2.17 bits per heavy atom. The van der Waals surface area contributed by atoms with Gasteiger partial charge in [0.1, 0.15) is 24.8 Å². The summed E-state index contributed by atoms with van der Waals surface area (Å²) < 4.78 is 70.3. The summed E-state index contributed by atoms with van der Waals surface area (Å²) in [5.41, 5.74) is 8.55. The summed E-state index contributed by atoms with van der Waals surface area (Å²) >= 11 is 0. The molecule has 8 nitrogen and oxygen atoms in total. The van der Waals surface area contributed by atoms with Gasteiger partial charge in [-0.1, -0.05) is 42.5 Å². The van der Waals surface area contributed by atoms with Crippen LogP contribution >= 0.6 is 0 Å². The van der Waals surface area contributed by atoms with E-state index in [1.54, 1.807) is 50.7 Å². The number of nitrogens with zero attached hydrogens (tertiary/aromatic N) is 2. The molecule has 0 spiro atoms. The molecule has 0 aliphatic carbocycles. The van der Waals surface area contributed by atoms with Gasteiger partial charge in [-0.05, 0) is 52.6 Å². The van der Waals surface area contributed by atoms with E-state index in [0.717, 1.165) is 40.2 Å². The van der Waals surface area contributed by atoms with Gasteiger partial charge in [0.25, 0.3) is 0 Å². The molecule has 0 saturated heterocycles. The number of nitrogens with two attached hydrogens (primary N) is 1. The first-order valence-corrected chi connectivity index (χ1v) is 14.7. The topological polar surface area (TPSA) is 106 Å². The second-order valence-electron chi connectivity index (χ2n) is 10.9. The van der Waals surface area contributed by atoms with Crippen molar-refractivity contribution in [3.63, 3.8) is 0 Å². The fraction of sp³-hybridized carbons (Fsp3) is 0.194. The number of carbonyl (C=O) groups excluding carboxylic acids is 1. The molecule has 248 valence electrons. The maximum absolute atomic E-state index is 13.5. The number of benzene rings is 3. The summed E-state index contributed by atoms with van der Waals surface area (Å²) in [5, 5.41) is 0. The van der Waals surface area contributed by atoms with Crippen molar-refractivity contribution in [2.24, 2.45) is 0 Å². The van der Waals surface area contributed by atoms with Crippen molar-refractivity contribution in [1.29, 1.82) is 0 Å². The summed E-state index contributed by atoms with van der Waals surface area (Å²) in [7, 11) is 3.13. The predicted octanol–water partition coefficient (Wildman–Crippen LogP) is 6.99. The van der Waals surface area contributed by atoms with Gasteiger partial charge in [-0.3, -0.25) is 9.59 Å². The Morgan fingerprint density at radius 1 is 0.833 bits per heavy atom. The Kier molecular flexibility index (Phi) is 10.2. The average molecular weight is 662 g/mol. The summed E-state index contributed by atoms with van der Waals surface area (Å²) in [6, 6.07) is 18.9. The third-order valence-corrected chi connectivity index (χ3v) is 7.49. The predicted molar refractivity (Wildman–Crippen MR) is 174 cm³/mol. The van der Waals surface area contributed by atoms with E-state index in [1.807, 2.05) is 18.2 Å². The van der Waals surface area contributed by atoms with E-state index < -0.39 is 35.3 Å². The van der Waals surface area contributed by atoms with Crippen LogP contribution in [-0.4, -0.2) is 48.9 Å². The summed E-state index contributed by atoms with van der Waals surface area (Å²) in [4.78, 5) is 31.0. The maximum atomic E-state index is 13.5. The lowest BCUT2D eigenvalue weighted by Crippen LogP contribution is -2.24. The number of aromatic nitrogens is 2. The van der Waals surface area contributed by atoms with Crippen LogP contribution in [0, 0.1) is 5.82 Å². The maximum Gasteiger partial charge on any atom is 0.406 e. The highest BCUT2D eigenvalue weighted by molar-refractivity contribution is 5.98. The number of hydrogen-bond donors (Lipinski definition) is 1. The van der Waals surface area contributed by atoms with Gasteiger partial charge in [0.05, 0.1) is 19.3 Å². The van der Waals surface area contributed by atoms with E-state index in [1.165, 1.54) is 12.1 Å². The number of hydrogen-bond acceptors (Lipinski definition) is 7. The molecule has 2 N–H and O–H groups in total. The zero-order valence-electron chi connectivity index (χ0n) is 26.0. The van der Waals surface area contributed by atoms with Crippen molar-refractivity contribution in [2.75, 3.05) is 33.2 Å². The lowest BCUT2D eigenvalue weighted by molar-refractivity contribution is -0.140. The standard InChI is InChI=1S/C36H31F4N3O5/c1-46-13-14-48-32-12-9-25(17-33(32)47-2)26-16-28(35(41)42-18-26)23-5-3-22(4-6-23)15-31(44)30-20-43(21-36(38,39)40)19-29(34(30)45)24-7-10-27(37)11-8-24/h3-12,16-20H,13-15,21H2,1-2H3,(H2,41,42). The number of halogens is 4. The number of ketones is 1. The van der Waals surface area contributed by atoms with Crippen LogP contribution in [0.2, 0.25) is 0 Å². The number of pyridine rings is 2. The van der Waals surface area contributed by atoms with Crippen LogP contribution in [-0.2, 0) is 17.7 Å².